The highest BCUT2D eigenvalue weighted by Gasteiger charge is 2.28. The molecule has 0 radical (unpaired) electrons. The summed E-state index contributed by atoms with van der Waals surface area (Å²) in [5, 5.41) is 9.80. The van der Waals surface area contributed by atoms with Crippen molar-refractivity contribution >= 4 is 25.7 Å². The van der Waals surface area contributed by atoms with Gasteiger partial charge in [-0.15, -0.1) is 0 Å². The molecule has 3 unspecified atom stereocenters. The van der Waals surface area contributed by atoms with E-state index >= 15 is 0 Å². The number of esters is 3. The van der Waals surface area contributed by atoms with E-state index in [2.05, 4.69) is 130 Å². The van der Waals surface area contributed by atoms with E-state index in [0.717, 1.165) is 109 Å². The van der Waals surface area contributed by atoms with Crippen molar-refractivity contribution in [3.8, 4) is 0 Å². The quantitative estimate of drug-likeness (QED) is 0.0197. The minimum Gasteiger partial charge on any atom is -0.462 e. The molecule has 0 bridgehead atoms. The maximum atomic E-state index is 12.9. The van der Waals surface area contributed by atoms with Gasteiger partial charge in [-0.3, -0.25) is 23.4 Å². The molecule has 12 heteroatoms. The molecule has 0 aliphatic carbocycles. The fraction of sp³-hybridized carbons (Fsp3) is 0.661. The first-order valence-electron chi connectivity index (χ1n) is 28.8. The number of hydrogen-bond acceptors (Lipinski definition) is 10. The molecule has 0 saturated heterocycles. The molecule has 11 nitrogen and oxygen atoms in total. The largest absolute Gasteiger partial charge is 0.472 e. The lowest BCUT2D eigenvalue weighted by Crippen LogP contribution is -2.30. The molecule has 0 amide bonds. The van der Waals surface area contributed by atoms with Gasteiger partial charge in [0, 0.05) is 19.3 Å². The van der Waals surface area contributed by atoms with Gasteiger partial charge >= 0.3 is 25.7 Å². The highest BCUT2D eigenvalue weighted by Crippen LogP contribution is 2.43. The number of hydrogen-bond donors (Lipinski definition) is 2. The average Bonchev–Trinajstić information content (AvgIpc) is 3.39. The molecule has 0 aliphatic heterocycles. The number of rotatable bonds is 52. The fourth-order valence-electron chi connectivity index (χ4n) is 7.37. The van der Waals surface area contributed by atoms with Crippen LogP contribution in [0.3, 0.4) is 0 Å². The molecule has 0 rings (SSSR count). The van der Waals surface area contributed by atoms with E-state index in [4.69, 9.17) is 23.3 Å². The van der Waals surface area contributed by atoms with Gasteiger partial charge in [0.15, 0.2) is 6.10 Å². The number of unbranched alkanes of at least 4 members (excludes halogenated alkanes) is 17. The van der Waals surface area contributed by atoms with Crippen LogP contribution < -0.4 is 0 Å². The number of carbonyl (C=O) groups is 3. The topological polar surface area (TPSA) is 155 Å². The molecule has 2 N–H and O–H groups in total. The van der Waals surface area contributed by atoms with Crippen molar-refractivity contribution in [1.29, 1.82) is 0 Å². The lowest BCUT2D eigenvalue weighted by atomic mass is 10.0. The summed E-state index contributed by atoms with van der Waals surface area (Å²) >= 11 is 0. The van der Waals surface area contributed by atoms with Crippen LogP contribution in [0.5, 0.6) is 0 Å². The summed E-state index contributed by atoms with van der Waals surface area (Å²) in [6.45, 7) is 4.32. The van der Waals surface area contributed by atoms with Crippen molar-refractivity contribution in [3.05, 3.63) is 109 Å². The number of phosphoric acid groups is 1. The maximum absolute atomic E-state index is 12.9. The Hall–Kier alpha value is -3.86. The van der Waals surface area contributed by atoms with Crippen molar-refractivity contribution in [2.75, 3.05) is 26.4 Å². The molecule has 3 atom stereocenters. The van der Waals surface area contributed by atoms with Crippen molar-refractivity contribution in [2.45, 2.75) is 238 Å². The van der Waals surface area contributed by atoms with E-state index in [0.29, 0.717) is 19.3 Å². The summed E-state index contributed by atoms with van der Waals surface area (Å²) in [5.74, 6) is -1.55. The molecule has 0 aromatic rings. The van der Waals surface area contributed by atoms with Gasteiger partial charge in [0.05, 0.1) is 19.8 Å². The fourth-order valence-corrected chi connectivity index (χ4v) is 8.16. The first-order chi connectivity index (χ1) is 36.2. The number of allylic oxidation sites excluding steroid dienone is 18. The van der Waals surface area contributed by atoms with Crippen LogP contribution in [0.4, 0.5) is 0 Å². The van der Waals surface area contributed by atoms with Crippen LogP contribution >= 0.6 is 7.82 Å². The Morgan fingerprint density at radius 1 is 0.392 bits per heavy atom. The molecular weight excluding hydrogens is 952 g/mol. The molecular formula is C62H103O11P. The minimum absolute atomic E-state index is 0.118. The lowest BCUT2D eigenvalue weighted by Gasteiger charge is -2.21. The number of aliphatic hydroxyl groups excluding tert-OH is 1. The summed E-state index contributed by atoms with van der Waals surface area (Å²) in [5.41, 5.74) is 0. The van der Waals surface area contributed by atoms with Crippen LogP contribution in [0.25, 0.3) is 0 Å². The highest BCUT2D eigenvalue weighted by atomic mass is 31.2. The van der Waals surface area contributed by atoms with E-state index in [9.17, 15) is 28.9 Å². The third-order valence-electron chi connectivity index (χ3n) is 11.7. The number of carbonyl (C=O) groups excluding carboxylic acids is 3. The Balaban J connectivity index is 4.83. The molecule has 422 valence electrons. The Labute approximate surface area is 450 Å². The van der Waals surface area contributed by atoms with Gasteiger partial charge in [-0.2, -0.15) is 0 Å². The van der Waals surface area contributed by atoms with Crippen LogP contribution in [0.15, 0.2) is 109 Å². The highest BCUT2D eigenvalue weighted by molar-refractivity contribution is 7.47. The van der Waals surface area contributed by atoms with Crippen molar-refractivity contribution in [2.24, 2.45) is 0 Å². The summed E-state index contributed by atoms with van der Waals surface area (Å²) < 4.78 is 39.4. The summed E-state index contributed by atoms with van der Waals surface area (Å²) in [6.07, 6.45) is 66.2. The lowest BCUT2D eigenvalue weighted by molar-refractivity contribution is -0.161. The van der Waals surface area contributed by atoms with Crippen LogP contribution in [0.1, 0.15) is 226 Å². The van der Waals surface area contributed by atoms with Crippen molar-refractivity contribution in [3.63, 3.8) is 0 Å². The number of ether oxygens (including phenoxy) is 3. The summed E-state index contributed by atoms with van der Waals surface area (Å²) in [4.78, 5) is 48.5. The number of phosphoric ester groups is 1. The second kappa shape index (κ2) is 55.4. The smallest absolute Gasteiger partial charge is 0.462 e. The molecule has 0 saturated carbocycles. The summed E-state index contributed by atoms with van der Waals surface area (Å²) in [6, 6.07) is 0. The van der Waals surface area contributed by atoms with Gasteiger partial charge in [-0.1, -0.05) is 214 Å². The standard InChI is InChI=1S/C62H103O11P/c1-4-7-10-13-16-19-22-25-27-28-29-30-32-35-38-41-44-47-50-53-62(66)73-59(55-69-60(64)51-48-45-42-39-36-33-24-21-18-15-12-9-6-3)57-71-74(67,68)70-56-58(54-63)72-61(65)52-49-46-43-40-37-34-31-26-23-20-17-14-11-8-5-2/h7-8,10-11,16-17,19-20,25-27,29-31,35,37-38,40,58-59,63H,4-6,9,12-15,18,21-24,28,32-34,36,39,41-57H2,1-3H3,(H,67,68)/b10-7-,11-8-,19-16-,20-17-,27-25-,30-29-,31-26-,38-35-,40-37-. The van der Waals surface area contributed by atoms with E-state index in [1.165, 1.54) is 57.8 Å². The zero-order valence-corrected chi connectivity index (χ0v) is 47.4. The van der Waals surface area contributed by atoms with E-state index < -0.39 is 57.8 Å². The predicted molar refractivity (Wildman–Crippen MR) is 307 cm³/mol. The average molecular weight is 1060 g/mol. The zero-order chi connectivity index (χ0) is 54.1. The third kappa shape index (κ3) is 53.0. The molecule has 0 aromatic heterocycles. The normalized spacial score (nSPS) is 14.2. The van der Waals surface area contributed by atoms with Crippen LogP contribution in [-0.4, -0.2) is 66.5 Å². The molecule has 74 heavy (non-hydrogen) atoms. The minimum atomic E-state index is -4.77. The first kappa shape index (κ1) is 70.1. The van der Waals surface area contributed by atoms with Gasteiger partial charge in [-0.05, 0) is 103 Å². The third-order valence-corrected chi connectivity index (χ3v) is 12.6. The molecule has 0 aliphatic rings. The Morgan fingerprint density at radius 3 is 1.11 bits per heavy atom. The van der Waals surface area contributed by atoms with E-state index in [-0.39, 0.29) is 25.9 Å². The SMILES string of the molecule is CC/C=C\C/C=C\C/C=C\C/C=C\C/C=C\CCCCCC(=O)OC(COC(=O)CCCCCCCCCCCCCCC)COP(=O)(O)OCC(CO)OC(=O)CCCC/C=C\C/C=C\C/C=C\C/C=C\CC. The van der Waals surface area contributed by atoms with E-state index in [1.54, 1.807) is 0 Å². The molecule has 0 fully saturated rings. The number of aliphatic hydroxyl groups is 1. The van der Waals surface area contributed by atoms with Gasteiger partial charge in [-0.25, -0.2) is 4.57 Å². The molecule has 0 spiro atoms. The first-order valence-corrected chi connectivity index (χ1v) is 30.3. The van der Waals surface area contributed by atoms with Gasteiger partial charge < -0.3 is 24.2 Å². The monoisotopic (exact) mass is 1050 g/mol. The Morgan fingerprint density at radius 2 is 0.703 bits per heavy atom. The van der Waals surface area contributed by atoms with Crippen LogP contribution in [0, 0.1) is 0 Å². The molecule has 0 aromatic carbocycles. The van der Waals surface area contributed by atoms with Crippen LogP contribution in [0.2, 0.25) is 0 Å². The second-order valence-electron chi connectivity index (χ2n) is 18.7. The van der Waals surface area contributed by atoms with Gasteiger partial charge in [0.25, 0.3) is 0 Å². The van der Waals surface area contributed by atoms with Crippen LogP contribution in [-0.2, 0) is 42.2 Å². The van der Waals surface area contributed by atoms with Crippen molar-refractivity contribution < 1.29 is 52.2 Å². The zero-order valence-electron chi connectivity index (χ0n) is 46.5. The summed E-state index contributed by atoms with van der Waals surface area (Å²) in [7, 11) is -4.77. The van der Waals surface area contributed by atoms with Gasteiger partial charge in [0.2, 0.25) is 0 Å². The van der Waals surface area contributed by atoms with Gasteiger partial charge in [0.1, 0.15) is 12.7 Å². The maximum Gasteiger partial charge on any atom is 0.472 e. The Kier molecular flexibility index (Phi) is 52.5. The second-order valence-corrected chi connectivity index (χ2v) is 20.1. The molecule has 0 heterocycles. The Bertz CT molecular complexity index is 1660. The van der Waals surface area contributed by atoms with Crippen molar-refractivity contribution in [1.82, 2.24) is 0 Å². The predicted octanol–water partition coefficient (Wildman–Crippen LogP) is 17.0. The van der Waals surface area contributed by atoms with E-state index in [1.807, 2.05) is 0 Å².